The van der Waals surface area contributed by atoms with Crippen LogP contribution in [0.3, 0.4) is 0 Å². The maximum atomic E-state index is 13.4. The number of fused-ring (bicyclic) bond motifs is 4. The largest absolute Gasteiger partial charge is 0.457 e. The third-order valence-corrected chi connectivity index (χ3v) is 7.52. The number of carbonyl (C=O) groups excluding carboxylic acids is 4. The summed E-state index contributed by atoms with van der Waals surface area (Å²) in [6, 6.07) is 14.6. The van der Waals surface area contributed by atoms with Crippen LogP contribution >= 0.6 is 0 Å². The summed E-state index contributed by atoms with van der Waals surface area (Å²) in [6.45, 7) is 3.78. The van der Waals surface area contributed by atoms with Gasteiger partial charge in [-0.05, 0) is 61.4 Å². The normalized spacial score (nSPS) is 25.0. The Morgan fingerprint density at radius 2 is 1.79 bits per heavy atom. The third-order valence-electron chi connectivity index (χ3n) is 7.52. The summed E-state index contributed by atoms with van der Waals surface area (Å²) in [7, 11) is 0. The van der Waals surface area contributed by atoms with Crippen molar-refractivity contribution in [3.63, 3.8) is 0 Å². The van der Waals surface area contributed by atoms with Gasteiger partial charge in [-0.3, -0.25) is 29.2 Å². The lowest BCUT2D eigenvalue weighted by atomic mass is 10.0. The number of hydrogen-bond donors (Lipinski definition) is 3. The molecule has 3 amide bonds. The Labute approximate surface area is 244 Å². The molecule has 1 aromatic heterocycles. The second-order valence-corrected chi connectivity index (χ2v) is 10.8. The predicted molar refractivity (Wildman–Crippen MR) is 157 cm³/mol. The van der Waals surface area contributed by atoms with Crippen LogP contribution in [0.5, 0.6) is 0 Å². The van der Waals surface area contributed by atoms with Crippen LogP contribution < -0.4 is 16.1 Å². The lowest BCUT2D eigenvalue weighted by Crippen LogP contribution is -2.60. The van der Waals surface area contributed by atoms with E-state index >= 15 is 0 Å². The van der Waals surface area contributed by atoms with Crippen molar-refractivity contribution in [2.45, 2.75) is 63.8 Å². The van der Waals surface area contributed by atoms with E-state index in [1.54, 1.807) is 25.3 Å². The quantitative estimate of drug-likeness (QED) is 0.405. The number of nitrogens with zero attached hydrogens (tertiary/aromatic N) is 2. The first-order chi connectivity index (χ1) is 20.3. The first-order valence-corrected chi connectivity index (χ1v) is 14.2. The van der Waals surface area contributed by atoms with Crippen LogP contribution in [-0.2, 0) is 30.3 Å². The van der Waals surface area contributed by atoms with E-state index in [0.717, 1.165) is 21.9 Å². The molecule has 3 N–H and O–H groups in total. The van der Waals surface area contributed by atoms with E-state index in [1.807, 2.05) is 61.5 Å². The summed E-state index contributed by atoms with van der Waals surface area (Å²) in [5, 5.41) is 8.79. The highest BCUT2D eigenvalue weighted by molar-refractivity contribution is 5.92. The highest BCUT2D eigenvalue weighted by Gasteiger charge is 2.33. The summed E-state index contributed by atoms with van der Waals surface area (Å²) in [5.74, 6) is -1.65. The molecule has 0 radical (unpaired) electrons. The van der Waals surface area contributed by atoms with E-state index in [1.165, 1.54) is 5.01 Å². The van der Waals surface area contributed by atoms with Gasteiger partial charge >= 0.3 is 5.97 Å². The molecule has 2 aromatic carbocycles. The van der Waals surface area contributed by atoms with E-state index in [0.29, 0.717) is 25.1 Å². The molecule has 5 bridgehead atoms. The minimum absolute atomic E-state index is 0.0406. The number of aromatic nitrogens is 1. The summed E-state index contributed by atoms with van der Waals surface area (Å²) in [5.41, 5.74) is 5.35. The van der Waals surface area contributed by atoms with Gasteiger partial charge in [-0.15, -0.1) is 0 Å². The predicted octanol–water partition coefficient (Wildman–Crippen LogP) is 2.98. The second kappa shape index (κ2) is 12.9. The molecule has 0 spiro atoms. The molecule has 2 aliphatic heterocycles. The summed E-state index contributed by atoms with van der Waals surface area (Å²) in [4.78, 5) is 57.1. The Hall–Kier alpha value is -4.57. The highest BCUT2D eigenvalue weighted by Crippen LogP contribution is 2.24. The Kier molecular flexibility index (Phi) is 8.92. The lowest BCUT2D eigenvalue weighted by molar-refractivity contribution is -0.157. The molecule has 0 saturated carbocycles. The topological polar surface area (TPSA) is 130 Å². The van der Waals surface area contributed by atoms with Crippen molar-refractivity contribution in [3.05, 3.63) is 83.7 Å². The van der Waals surface area contributed by atoms with Crippen molar-refractivity contribution in [2.24, 2.45) is 0 Å². The number of cyclic esters (lactones) is 1. The van der Waals surface area contributed by atoms with Crippen LogP contribution in [0.15, 0.2) is 66.9 Å². The van der Waals surface area contributed by atoms with E-state index in [4.69, 9.17) is 4.74 Å². The van der Waals surface area contributed by atoms with E-state index in [9.17, 15) is 19.2 Å². The smallest absolute Gasteiger partial charge is 0.325 e. The molecule has 5 rings (SSSR count). The number of hydrazine groups is 1. The average molecular weight is 570 g/mol. The molecule has 10 heteroatoms. The molecule has 0 aliphatic carbocycles. The number of ether oxygens (including phenoxy) is 1. The molecule has 0 unspecified atom stereocenters. The Balaban J connectivity index is 1.44. The molecule has 1 fully saturated rings. The Bertz CT molecular complexity index is 1510. The third kappa shape index (κ3) is 7.01. The van der Waals surface area contributed by atoms with Crippen molar-refractivity contribution in [1.82, 2.24) is 26.1 Å². The maximum absolute atomic E-state index is 13.4. The minimum Gasteiger partial charge on any atom is -0.457 e. The van der Waals surface area contributed by atoms with Gasteiger partial charge in [-0.25, -0.2) is 5.43 Å². The van der Waals surface area contributed by atoms with Crippen LogP contribution in [0, 0.1) is 0 Å². The number of pyridine rings is 1. The maximum Gasteiger partial charge on any atom is 0.325 e. The van der Waals surface area contributed by atoms with E-state index < -0.39 is 36.1 Å². The van der Waals surface area contributed by atoms with Crippen molar-refractivity contribution in [2.75, 3.05) is 6.54 Å². The van der Waals surface area contributed by atoms with Crippen LogP contribution in [0.1, 0.15) is 56.0 Å². The first-order valence-electron chi connectivity index (χ1n) is 14.2. The fourth-order valence-corrected chi connectivity index (χ4v) is 5.17. The van der Waals surface area contributed by atoms with E-state index in [-0.39, 0.29) is 24.7 Å². The van der Waals surface area contributed by atoms with Gasteiger partial charge in [0.15, 0.2) is 0 Å². The highest BCUT2D eigenvalue weighted by atomic mass is 16.5. The molecular formula is C32H35N5O5. The molecule has 42 heavy (non-hydrogen) atoms. The van der Waals surface area contributed by atoms with Gasteiger partial charge < -0.3 is 15.4 Å². The van der Waals surface area contributed by atoms with Crippen LogP contribution in [0.25, 0.3) is 16.8 Å². The SMILES string of the molecule is C[C@@H]1NC(=O)[C@H](Cc2ccccc2)NC(=O)C/C=C/c2cc3cc(ccc3cn2)[C@@H](C)OC(=O)[C@@H]2CCCN(N2)C1=O. The Morgan fingerprint density at radius 3 is 2.60 bits per heavy atom. The number of hydrogen-bond acceptors (Lipinski definition) is 7. The van der Waals surface area contributed by atoms with E-state index in [2.05, 4.69) is 21.0 Å². The van der Waals surface area contributed by atoms with Crippen molar-refractivity contribution in [3.8, 4) is 0 Å². The zero-order valence-corrected chi connectivity index (χ0v) is 23.7. The number of benzene rings is 2. The number of esters is 1. The zero-order valence-electron chi connectivity index (χ0n) is 23.7. The molecule has 218 valence electrons. The monoisotopic (exact) mass is 569 g/mol. The standard InChI is InChI=1S/C32H35N5O5/c1-20-31(40)37-15-7-11-27(36-37)32(41)42-21(2)23-13-14-24-19-33-26(18-25(24)17-23)10-6-12-29(38)35-28(30(39)34-20)16-22-8-4-3-5-9-22/h3-6,8-10,13-14,17-21,27-28,36H,7,11-12,15-16H2,1-2H3,(H,34,39)(H,35,38)/b10-6+/t20-,21+,27-,28-/m0/s1. The number of carbonyl (C=O) groups is 4. The summed E-state index contributed by atoms with van der Waals surface area (Å²) in [6.07, 6.45) is 6.10. The Morgan fingerprint density at radius 1 is 0.976 bits per heavy atom. The van der Waals surface area contributed by atoms with Gasteiger partial charge in [0.25, 0.3) is 5.91 Å². The molecule has 3 heterocycles. The zero-order chi connectivity index (χ0) is 29.6. The van der Waals surface area contributed by atoms with Crippen LogP contribution in [-0.4, -0.2) is 58.4 Å². The van der Waals surface area contributed by atoms with Gasteiger partial charge in [-0.1, -0.05) is 48.5 Å². The molecule has 10 nitrogen and oxygen atoms in total. The minimum atomic E-state index is -0.896. The average Bonchev–Trinajstić information content (AvgIpc) is 3.00. The van der Waals surface area contributed by atoms with Gasteiger partial charge in [0.2, 0.25) is 11.8 Å². The van der Waals surface area contributed by atoms with Gasteiger partial charge in [-0.2, -0.15) is 0 Å². The number of rotatable bonds is 2. The molecule has 2 aliphatic rings. The van der Waals surface area contributed by atoms with Crippen molar-refractivity contribution in [1.29, 1.82) is 0 Å². The molecule has 4 atom stereocenters. The fraction of sp³-hybridized carbons (Fsp3) is 0.344. The van der Waals surface area contributed by atoms with Crippen LogP contribution in [0.4, 0.5) is 0 Å². The molecule has 1 saturated heterocycles. The van der Waals surface area contributed by atoms with Gasteiger partial charge in [0, 0.05) is 31.0 Å². The first kappa shape index (κ1) is 28.9. The number of nitrogens with one attached hydrogen (secondary N) is 3. The molecule has 3 aromatic rings. The summed E-state index contributed by atoms with van der Waals surface area (Å²) < 4.78 is 5.80. The van der Waals surface area contributed by atoms with Crippen molar-refractivity contribution >= 4 is 40.5 Å². The fourth-order valence-electron chi connectivity index (χ4n) is 5.17. The second-order valence-electron chi connectivity index (χ2n) is 10.8. The van der Waals surface area contributed by atoms with Crippen LogP contribution in [0.2, 0.25) is 0 Å². The van der Waals surface area contributed by atoms with Gasteiger partial charge in [0.1, 0.15) is 24.2 Å². The van der Waals surface area contributed by atoms with Gasteiger partial charge in [0.05, 0.1) is 5.69 Å². The summed E-state index contributed by atoms with van der Waals surface area (Å²) >= 11 is 0. The molecular weight excluding hydrogens is 534 g/mol. The number of amides is 3. The lowest BCUT2D eigenvalue weighted by Gasteiger charge is -2.35. The van der Waals surface area contributed by atoms with Crippen molar-refractivity contribution < 1.29 is 23.9 Å².